The summed E-state index contributed by atoms with van der Waals surface area (Å²) in [4.78, 5) is 11.2. The molecule has 100 valence electrons. The second-order valence-corrected chi connectivity index (χ2v) is 5.34. The molecule has 2 N–H and O–H groups in total. The summed E-state index contributed by atoms with van der Waals surface area (Å²) in [6, 6.07) is 7.74. The molecule has 0 fully saturated rings. The van der Waals surface area contributed by atoms with Gasteiger partial charge in [0.25, 0.3) is 0 Å². The minimum absolute atomic E-state index is 0.0878. The van der Waals surface area contributed by atoms with Crippen LogP contribution in [0.2, 0.25) is 5.02 Å². The lowest BCUT2D eigenvalue weighted by Gasteiger charge is -2.07. The van der Waals surface area contributed by atoms with E-state index in [4.69, 9.17) is 11.6 Å². The Balaban J connectivity index is 2.09. The van der Waals surface area contributed by atoms with Gasteiger partial charge in [-0.3, -0.25) is 0 Å². The minimum atomic E-state index is -0.0878. The van der Waals surface area contributed by atoms with Crippen molar-refractivity contribution in [2.24, 2.45) is 0 Å². The lowest BCUT2D eigenvalue weighted by molar-refractivity contribution is 0.241. The SMILES string of the molecule is CCCNC(=O)NCCSCc1ccccc1Cl. The maximum Gasteiger partial charge on any atom is 0.314 e. The summed E-state index contributed by atoms with van der Waals surface area (Å²) in [6.07, 6.45) is 0.953. The number of halogens is 1. The number of hydrogen-bond donors (Lipinski definition) is 2. The Morgan fingerprint density at radius 1 is 1.28 bits per heavy atom. The molecular formula is C13H19ClN2OS. The molecule has 0 saturated carbocycles. The molecule has 0 aliphatic heterocycles. The highest BCUT2D eigenvalue weighted by Gasteiger charge is 2.00. The Kier molecular flexibility index (Phi) is 7.69. The number of thioether (sulfide) groups is 1. The highest BCUT2D eigenvalue weighted by Crippen LogP contribution is 2.20. The average Bonchev–Trinajstić information content (AvgIpc) is 2.38. The van der Waals surface area contributed by atoms with Crippen LogP contribution >= 0.6 is 23.4 Å². The summed E-state index contributed by atoms with van der Waals surface area (Å²) in [6.45, 7) is 3.42. The molecule has 0 aromatic heterocycles. The molecule has 1 aromatic carbocycles. The molecule has 0 unspecified atom stereocenters. The first-order valence-electron chi connectivity index (χ1n) is 6.07. The molecular weight excluding hydrogens is 268 g/mol. The van der Waals surface area contributed by atoms with Crippen molar-refractivity contribution in [2.45, 2.75) is 19.1 Å². The van der Waals surface area contributed by atoms with Crippen molar-refractivity contribution in [3.05, 3.63) is 34.9 Å². The fourth-order valence-electron chi connectivity index (χ4n) is 1.34. The van der Waals surface area contributed by atoms with Gasteiger partial charge in [-0.1, -0.05) is 36.7 Å². The standard InChI is InChI=1S/C13H19ClN2OS/c1-2-7-15-13(17)16-8-9-18-10-11-5-3-4-6-12(11)14/h3-6H,2,7-10H2,1H3,(H2,15,16,17). The lowest BCUT2D eigenvalue weighted by atomic mass is 10.2. The molecule has 1 rings (SSSR count). The number of rotatable bonds is 7. The molecule has 18 heavy (non-hydrogen) atoms. The Hall–Kier alpha value is -0.870. The number of hydrogen-bond acceptors (Lipinski definition) is 2. The van der Waals surface area contributed by atoms with Gasteiger partial charge in [0.05, 0.1) is 0 Å². The molecule has 3 nitrogen and oxygen atoms in total. The number of carbonyl (C=O) groups excluding carboxylic acids is 1. The summed E-state index contributed by atoms with van der Waals surface area (Å²) in [5.74, 6) is 1.75. The number of urea groups is 1. The zero-order valence-electron chi connectivity index (χ0n) is 10.5. The molecule has 0 aliphatic rings. The highest BCUT2D eigenvalue weighted by molar-refractivity contribution is 7.98. The van der Waals surface area contributed by atoms with Gasteiger partial charge in [0.15, 0.2) is 0 Å². The van der Waals surface area contributed by atoms with Gasteiger partial charge in [0.1, 0.15) is 0 Å². The Bertz CT molecular complexity index is 374. The largest absolute Gasteiger partial charge is 0.338 e. The van der Waals surface area contributed by atoms with Crippen LogP contribution < -0.4 is 10.6 Å². The predicted molar refractivity (Wildman–Crippen MR) is 79.3 cm³/mol. The molecule has 1 aromatic rings. The van der Waals surface area contributed by atoms with Crippen molar-refractivity contribution >= 4 is 29.4 Å². The maximum atomic E-state index is 11.2. The number of nitrogens with one attached hydrogen (secondary N) is 2. The molecule has 0 aliphatic carbocycles. The van der Waals surface area contributed by atoms with Gasteiger partial charge < -0.3 is 10.6 Å². The molecule has 0 radical (unpaired) electrons. The quantitative estimate of drug-likeness (QED) is 0.755. The third-order valence-electron chi connectivity index (χ3n) is 2.28. The van der Waals surface area contributed by atoms with Gasteiger partial charge >= 0.3 is 6.03 Å². The lowest BCUT2D eigenvalue weighted by Crippen LogP contribution is -2.36. The van der Waals surface area contributed by atoms with E-state index in [1.54, 1.807) is 11.8 Å². The van der Waals surface area contributed by atoms with Crippen LogP contribution in [0.3, 0.4) is 0 Å². The van der Waals surface area contributed by atoms with Crippen LogP contribution in [0, 0.1) is 0 Å². The van der Waals surface area contributed by atoms with Crippen LogP contribution in [0.1, 0.15) is 18.9 Å². The average molecular weight is 287 g/mol. The normalized spacial score (nSPS) is 10.1. The van der Waals surface area contributed by atoms with E-state index >= 15 is 0 Å². The van der Waals surface area contributed by atoms with Crippen LogP contribution in [0.25, 0.3) is 0 Å². The Labute approximate surface area is 118 Å². The van der Waals surface area contributed by atoms with E-state index in [1.165, 1.54) is 0 Å². The van der Waals surface area contributed by atoms with E-state index in [0.29, 0.717) is 6.54 Å². The summed E-state index contributed by atoms with van der Waals surface area (Å²) in [5.41, 5.74) is 1.14. The van der Waals surface area contributed by atoms with Gasteiger partial charge in [0, 0.05) is 29.6 Å². The monoisotopic (exact) mass is 286 g/mol. The maximum absolute atomic E-state index is 11.2. The van der Waals surface area contributed by atoms with Gasteiger partial charge in [-0.25, -0.2) is 4.79 Å². The van der Waals surface area contributed by atoms with Crippen molar-refractivity contribution in [3.63, 3.8) is 0 Å². The summed E-state index contributed by atoms with van der Waals surface area (Å²) < 4.78 is 0. The third-order valence-corrected chi connectivity index (χ3v) is 3.66. The van der Waals surface area contributed by atoms with Crippen molar-refractivity contribution in [2.75, 3.05) is 18.8 Å². The van der Waals surface area contributed by atoms with Crippen LogP contribution in [0.15, 0.2) is 24.3 Å². The smallest absolute Gasteiger partial charge is 0.314 e. The molecule has 0 heterocycles. The third kappa shape index (κ3) is 6.17. The molecule has 0 saturated heterocycles. The van der Waals surface area contributed by atoms with Crippen molar-refractivity contribution in [1.82, 2.24) is 10.6 Å². The van der Waals surface area contributed by atoms with Crippen LogP contribution in [0.4, 0.5) is 4.79 Å². The first-order valence-corrected chi connectivity index (χ1v) is 7.60. The van der Waals surface area contributed by atoms with Crippen LogP contribution in [-0.4, -0.2) is 24.9 Å². The van der Waals surface area contributed by atoms with E-state index in [9.17, 15) is 4.79 Å². The number of amides is 2. The first kappa shape index (κ1) is 15.2. The van der Waals surface area contributed by atoms with Crippen molar-refractivity contribution < 1.29 is 4.79 Å². The fourth-order valence-corrected chi connectivity index (χ4v) is 2.48. The van der Waals surface area contributed by atoms with Crippen molar-refractivity contribution in [3.8, 4) is 0 Å². The minimum Gasteiger partial charge on any atom is -0.338 e. The Morgan fingerprint density at radius 2 is 2.00 bits per heavy atom. The summed E-state index contributed by atoms with van der Waals surface area (Å²) >= 11 is 7.81. The van der Waals surface area contributed by atoms with E-state index < -0.39 is 0 Å². The van der Waals surface area contributed by atoms with E-state index in [2.05, 4.69) is 10.6 Å². The van der Waals surface area contributed by atoms with Crippen LogP contribution in [-0.2, 0) is 5.75 Å². The van der Waals surface area contributed by atoms with Gasteiger partial charge in [0.2, 0.25) is 0 Å². The molecule has 0 atom stereocenters. The molecule has 0 bridgehead atoms. The second-order valence-electron chi connectivity index (χ2n) is 3.83. The topological polar surface area (TPSA) is 41.1 Å². The van der Waals surface area contributed by atoms with Gasteiger partial charge in [-0.2, -0.15) is 11.8 Å². The van der Waals surface area contributed by atoms with E-state index in [0.717, 1.165) is 35.1 Å². The van der Waals surface area contributed by atoms with Gasteiger partial charge in [-0.15, -0.1) is 0 Å². The molecule has 2 amide bonds. The fraction of sp³-hybridized carbons (Fsp3) is 0.462. The summed E-state index contributed by atoms with van der Waals surface area (Å²) in [7, 11) is 0. The molecule has 5 heteroatoms. The zero-order valence-corrected chi connectivity index (χ0v) is 12.1. The number of carbonyl (C=O) groups is 1. The first-order chi connectivity index (χ1) is 8.74. The Morgan fingerprint density at radius 3 is 2.72 bits per heavy atom. The predicted octanol–water partition coefficient (Wildman–Crippen LogP) is 3.28. The summed E-state index contributed by atoms with van der Waals surface area (Å²) in [5, 5.41) is 6.39. The molecule has 0 spiro atoms. The van der Waals surface area contributed by atoms with Crippen molar-refractivity contribution in [1.29, 1.82) is 0 Å². The van der Waals surface area contributed by atoms with Crippen LogP contribution in [0.5, 0.6) is 0 Å². The van der Waals surface area contributed by atoms with E-state index in [-0.39, 0.29) is 6.03 Å². The zero-order chi connectivity index (χ0) is 13.2. The van der Waals surface area contributed by atoms with E-state index in [1.807, 2.05) is 31.2 Å². The highest BCUT2D eigenvalue weighted by atomic mass is 35.5. The second kappa shape index (κ2) is 9.11. The van der Waals surface area contributed by atoms with Gasteiger partial charge in [-0.05, 0) is 18.1 Å². The number of benzene rings is 1.